The van der Waals surface area contributed by atoms with Crippen molar-refractivity contribution in [2.45, 2.75) is 46.0 Å². The van der Waals surface area contributed by atoms with Crippen LogP contribution in [0.4, 0.5) is 8.78 Å². The van der Waals surface area contributed by atoms with E-state index < -0.39 is 6.43 Å². The second-order valence-corrected chi connectivity index (χ2v) is 6.18. The van der Waals surface area contributed by atoms with Crippen LogP contribution in [0.3, 0.4) is 0 Å². The first-order chi connectivity index (χ1) is 11.0. The largest absolute Gasteiger partial charge is 0.388 e. The quantitative estimate of drug-likeness (QED) is 0.757. The van der Waals surface area contributed by atoms with Gasteiger partial charge in [0.15, 0.2) is 10.6 Å². The summed E-state index contributed by atoms with van der Waals surface area (Å²) in [5, 5.41) is 13.8. The van der Waals surface area contributed by atoms with Gasteiger partial charge in [0.1, 0.15) is 6.61 Å². The Morgan fingerprint density at radius 2 is 1.91 bits per heavy atom. The average Bonchev–Trinajstić information content (AvgIpc) is 2.67. The molecule has 1 aliphatic heterocycles. The van der Waals surface area contributed by atoms with Gasteiger partial charge in [-0.1, -0.05) is 6.92 Å². The number of nitrogens with zero attached hydrogens (tertiary/aromatic N) is 5. The number of hydrogen-bond acceptors (Lipinski definition) is 5. The molecule has 0 radical (unpaired) electrons. The average molecular weight is 349 g/mol. The van der Waals surface area contributed by atoms with Gasteiger partial charge in [0.05, 0.1) is 13.2 Å². The van der Waals surface area contributed by atoms with Crippen molar-refractivity contribution in [1.29, 1.82) is 0 Å². The lowest BCUT2D eigenvalue weighted by molar-refractivity contribution is 0.0889. The van der Waals surface area contributed by atoms with Crippen LogP contribution in [0.5, 0.6) is 0 Å². The molecule has 0 aromatic carbocycles. The first-order valence-corrected chi connectivity index (χ1v) is 8.46. The zero-order chi connectivity index (χ0) is 16.8. The minimum Gasteiger partial charge on any atom is -0.388 e. The minimum atomic E-state index is -2.29. The number of rotatable bonds is 7. The lowest BCUT2D eigenvalue weighted by Gasteiger charge is -2.21. The summed E-state index contributed by atoms with van der Waals surface area (Å²) < 4.78 is 29.2. The number of halogens is 2. The van der Waals surface area contributed by atoms with E-state index in [0.29, 0.717) is 36.9 Å². The summed E-state index contributed by atoms with van der Waals surface area (Å²) in [7, 11) is 0. The molecule has 0 saturated carbocycles. The first kappa shape index (κ1) is 18.4. The minimum absolute atomic E-state index is 0.140. The predicted octanol–water partition coefficient (Wildman–Crippen LogP) is 1.55. The fourth-order valence-electron chi connectivity index (χ4n) is 2.88. The van der Waals surface area contributed by atoms with Crippen LogP contribution in [0.1, 0.15) is 25.6 Å². The molecule has 0 unspecified atom stereocenters. The molecule has 0 atom stereocenters. The Balaban J connectivity index is 2.01. The SMILES string of the molecule is CCCn1c(CO)nn(CN2CCCN(CC(F)F)CC2)c1=S. The van der Waals surface area contributed by atoms with Crippen LogP contribution in [0.2, 0.25) is 0 Å². The van der Waals surface area contributed by atoms with Gasteiger partial charge in [0.25, 0.3) is 6.43 Å². The standard InChI is InChI=1S/C14H25F2N5OS/c1-2-4-20-13(10-22)17-21(14(20)23)11-19-6-3-5-18(7-8-19)9-12(15)16/h12,22H,2-11H2,1H3. The summed E-state index contributed by atoms with van der Waals surface area (Å²) in [6, 6.07) is 0. The van der Waals surface area contributed by atoms with E-state index in [-0.39, 0.29) is 13.2 Å². The summed E-state index contributed by atoms with van der Waals surface area (Å²) in [4.78, 5) is 3.98. The summed E-state index contributed by atoms with van der Waals surface area (Å²) in [6.07, 6.45) is -0.519. The first-order valence-electron chi connectivity index (χ1n) is 8.05. The van der Waals surface area contributed by atoms with Crippen molar-refractivity contribution >= 4 is 12.2 Å². The maximum atomic E-state index is 12.5. The van der Waals surface area contributed by atoms with E-state index in [1.54, 1.807) is 9.58 Å². The number of aliphatic hydroxyl groups excluding tert-OH is 1. The van der Waals surface area contributed by atoms with Crippen molar-refractivity contribution < 1.29 is 13.9 Å². The highest BCUT2D eigenvalue weighted by atomic mass is 32.1. The van der Waals surface area contributed by atoms with Gasteiger partial charge in [0.2, 0.25) is 0 Å². The molecule has 132 valence electrons. The maximum Gasteiger partial charge on any atom is 0.251 e. The summed E-state index contributed by atoms with van der Waals surface area (Å²) in [5.74, 6) is 0.575. The van der Waals surface area contributed by atoms with Crippen LogP contribution in [0.25, 0.3) is 0 Å². The molecule has 1 aromatic heterocycles. The molecule has 1 saturated heterocycles. The number of aromatic nitrogens is 3. The Hall–Kier alpha value is -0.900. The molecular weight excluding hydrogens is 324 g/mol. The van der Waals surface area contributed by atoms with Crippen molar-refractivity contribution in [3.05, 3.63) is 10.6 Å². The summed E-state index contributed by atoms with van der Waals surface area (Å²) >= 11 is 5.44. The van der Waals surface area contributed by atoms with Crippen LogP contribution < -0.4 is 0 Å². The fourth-order valence-corrected chi connectivity index (χ4v) is 3.17. The summed E-state index contributed by atoms with van der Waals surface area (Å²) in [5.41, 5.74) is 0. The second kappa shape index (κ2) is 8.81. The van der Waals surface area contributed by atoms with Crippen LogP contribution in [-0.4, -0.2) is 68.4 Å². The molecule has 0 spiro atoms. The Labute approximate surface area is 140 Å². The second-order valence-electron chi connectivity index (χ2n) is 5.81. The van der Waals surface area contributed by atoms with Gasteiger partial charge in [-0.3, -0.25) is 9.80 Å². The predicted molar refractivity (Wildman–Crippen MR) is 85.9 cm³/mol. The Morgan fingerprint density at radius 3 is 2.57 bits per heavy atom. The normalized spacial score (nSPS) is 17.8. The van der Waals surface area contributed by atoms with Crippen LogP contribution in [0, 0.1) is 4.77 Å². The highest BCUT2D eigenvalue weighted by Gasteiger charge is 2.19. The van der Waals surface area contributed by atoms with Gasteiger partial charge in [-0.05, 0) is 31.6 Å². The van der Waals surface area contributed by atoms with Gasteiger partial charge in [-0.15, -0.1) is 0 Å². The van der Waals surface area contributed by atoms with Crippen LogP contribution >= 0.6 is 12.2 Å². The van der Waals surface area contributed by atoms with E-state index in [1.165, 1.54) is 0 Å². The number of alkyl halides is 2. The van der Waals surface area contributed by atoms with Crippen LogP contribution in [-0.2, 0) is 19.8 Å². The molecule has 9 heteroatoms. The van der Waals surface area contributed by atoms with Crippen molar-refractivity contribution in [2.75, 3.05) is 32.7 Å². The van der Waals surface area contributed by atoms with E-state index in [2.05, 4.69) is 10.00 Å². The molecule has 23 heavy (non-hydrogen) atoms. The van der Waals surface area contributed by atoms with Gasteiger partial charge < -0.3 is 9.67 Å². The van der Waals surface area contributed by atoms with E-state index in [4.69, 9.17) is 12.2 Å². The molecule has 1 aromatic rings. The van der Waals surface area contributed by atoms with Crippen molar-refractivity contribution in [3.63, 3.8) is 0 Å². The maximum absolute atomic E-state index is 12.5. The van der Waals surface area contributed by atoms with Gasteiger partial charge >= 0.3 is 0 Å². The molecular formula is C14H25F2N5OS. The third-order valence-corrected chi connectivity index (χ3v) is 4.43. The highest BCUT2D eigenvalue weighted by Crippen LogP contribution is 2.09. The third-order valence-electron chi connectivity index (χ3n) is 4.00. The fraction of sp³-hybridized carbons (Fsp3) is 0.857. The molecule has 1 aliphatic rings. The number of aliphatic hydroxyl groups is 1. The summed E-state index contributed by atoms with van der Waals surface area (Å²) in [6.45, 7) is 5.87. The van der Waals surface area contributed by atoms with Gasteiger partial charge in [0, 0.05) is 26.2 Å². The Bertz CT molecular complexity index is 548. The van der Waals surface area contributed by atoms with Crippen molar-refractivity contribution in [1.82, 2.24) is 24.1 Å². The Kier molecular flexibility index (Phi) is 7.07. The van der Waals surface area contributed by atoms with Gasteiger partial charge in [-0.2, -0.15) is 5.10 Å². The lowest BCUT2D eigenvalue weighted by Crippen LogP contribution is -2.34. The molecule has 0 aliphatic carbocycles. The molecule has 6 nitrogen and oxygen atoms in total. The number of hydrogen-bond donors (Lipinski definition) is 1. The zero-order valence-corrected chi connectivity index (χ0v) is 14.3. The molecule has 0 bridgehead atoms. The molecule has 2 heterocycles. The van der Waals surface area contributed by atoms with E-state index in [1.807, 2.05) is 11.5 Å². The van der Waals surface area contributed by atoms with Gasteiger partial charge in [-0.25, -0.2) is 13.5 Å². The van der Waals surface area contributed by atoms with E-state index in [0.717, 1.165) is 25.9 Å². The third kappa shape index (κ3) is 5.03. The topological polar surface area (TPSA) is 49.5 Å². The van der Waals surface area contributed by atoms with Crippen molar-refractivity contribution in [3.8, 4) is 0 Å². The molecule has 1 fully saturated rings. The Morgan fingerprint density at radius 1 is 1.22 bits per heavy atom. The zero-order valence-electron chi connectivity index (χ0n) is 13.5. The van der Waals surface area contributed by atoms with E-state index in [9.17, 15) is 13.9 Å². The molecule has 0 amide bonds. The molecule has 1 N–H and O–H groups in total. The lowest BCUT2D eigenvalue weighted by atomic mass is 10.4. The monoisotopic (exact) mass is 349 g/mol. The highest BCUT2D eigenvalue weighted by molar-refractivity contribution is 7.71. The van der Waals surface area contributed by atoms with E-state index >= 15 is 0 Å². The van der Waals surface area contributed by atoms with Crippen LogP contribution in [0.15, 0.2) is 0 Å². The smallest absolute Gasteiger partial charge is 0.251 e. The van der Waals surface area contributed by atoms with Crippen molar-refractivity contribution in [2.24, 2.45) is 0 Å². The molecule has 2 rings (SSSR count).